The summed E-state index contributed by atoms with van der Waals surface area (Å²) in [5.74, 6) is 1.20. The van der Waals surface area contributed by atoms with Gasteiger partial charge in [-0.1, -0.05) is 30.3 Å². The molecule has 0 spiro atoms. The van der Waals surface area contributed by atoms with E-state index >= 15 is 0 Å². The first kappa shape index (κ1) is 21.2. The van der Waals surface area contributed by atoms with E-state index in [2.05, 4.69) is 10.3 Å². The fourth-order valence-corrected chi connectivity index (χ4v) is 2.29. The van der Waals surface area contributed by atoms with Crippen molar-refractivity contribution in [1.29, 1.82) is 0 Å². The molecule has 6 heteroatoms. The summed E-state index contributed by atoms with van der Waals surface area (Å²) >= 11 is 0. The van der Waals surface area contributed by atoms with E-state index in [4.69, 9.17) is 15.2 Å². The molecule has 0 amide bonds. The number of nitrogens with one attached hydrogen (secondary N) is 1. The topological polar surface area (TPSA) is 68.9 Å². The molecule has 25 heavy (non-hydrogen) atoms. The van der Waals surface area contributed by atoms with Gasteiger partial charge < -0.3 is 20.5 Å². The zero-order valence-electron chi connectivity index (χ0n) is 14.9. The lowest BCUT2D eigenvalue weighted by molar-refractivity contribution is 0.185. The molecule has 1 atom stereocenters. The van der Waals surface area contributed by atoms with Crippen molar-refractivity contribution in [3.63, 3.8) is 0 Å². The van der Waals surface area contributed by atoms with Crippen molar-refractivity contribution in [1.82, 2.24) is 0 Å². The molecule has 0 aliphatic rings. The summed E-state index contributed by atoms with van der Waals surface area (Å²) < 4.78 is 11.0. The van der Waals surface area contributed by atoms with E-state index in [1.165, 1.54) is 5.56 Å². The van der Waals surface area contributed by atoms with Crippen LogP contribution in [-0.4, -0.2) is 25.7 Å². The largest absolute Gasteiger partial charge is 0.489 e. The van der Waals surface area contributed by atoms with E-state index in [0.717, 1.165) is 17.0 Å². The summed E-state index contributed by atoms with van der Waals surface area (Å²) in [6.07, 6.45) is -0.0682. The number of ether oxygens (including phenoxy) is 2. The highest BCUT2D eigenvalue weighted by Crippen LogP contribution is 2.16. The molecule has 0 heterocycles. The summed E-state index contributed by atoms with van der Waals surface area (Å²) in [5.41, 5.74) is 9.07. The average Bonchev–Trinajstić information content (AvgIpc) is 2.55. The van der Waals surface area contributed by atoms with Crippen LogP contribution in [0.15, 0.2) is 53.5 Å². The second kappa shape index (κ2) is 10.9. The van der Waals surface area contributed by atoms with Crippen molar-refractivity contribution >= 4 is 35.6 Å². The van der Waals surface area contributed by atoms with Gasteiger partial charge in [-0.3, -0.25) is 0 Å². The van der Waals surface area contributed by atoms with Crippen LogP contribution in [-0.2, 0) is 11.3 Å². The molecule has 136 valence electrons. The number of aryl methyl sites for hydroxylation is 1. The van der Waals surface area contributed by atoms with Crippen LogP contribution in [0.1, 0.15) is 18.1 Å². The molecule has 0 aliphatic carbocycles. The van der Waals surface area contributed by atoms with Crippen LogP contribution >= 0.6 is 24.0 Å². The van der Waals surface area contributed by atoms with Crippen molar-refractivity contribution in [3.05, 3.63) is 59.7 Å². The van der Waals surface area contributed by atoms with Gasteiger partial charge in [-0.15, -0.1) is 24.0 Å². The Labute approximate surface area is 166 Å². The number of benzene rings is 2. The smallest absolute Gasteiger partial charge is 0.193 e. The van der Waals surface area contributed by atoms with Gasteiger partial charge in [-0.05, 0) is 37.6 Å². The lowest BCUT2D eigenvalue weighted by Crippen LogP contribution is -2.26. The van der Waals surface area contributed by atoms with E-state index in [0.29, 0.717) is 19.1 Å². The minimum Gasteiger partial charge on any atom is -0.489 e. The number of nitrogens with two attached hydrogens (primary N) is 1. The maximum atomic E-state index is 5.98. The minimum atomic E-state index is -0.0682. The van der Waals surface area contributed by atoms with Crippen LogP contribution in [0.25, 0.3) is 0 Å². The number of para-hydroxylation sites is 1. The Bertz CT molecular complexity index is 692. The average molecular weight is 455 g/mol. The number of aliphatic imine (C=N–C) groups is 1. The predicted molar refractivity (Wildman–Crippen MR) is 114 cm³/mol. The van der Waals surface area contributed by atoms with E-state index in [9.17, 15) is 0 Å². The molecule has 3 N–H and O–H groups in total. The lowest BCUT2D eigenvalue weighted by Gasteiger charge is -2.14. The van der Waals surface area contributed by atoms with Crippen LogP contribution in [0.3, 0.4) is 0 Å². The number of rotatable bonds is 7. The third-order valence-electron chi connectivity index (χ3n) is 3.43. The summed E-state index contributed by atoms with van der Waals surface area (Å²) in [6.45, 7) is 5.00. The van der Waals surface area contributed by atoms with Crippen molar-refractivity contribution in [2.45, 2.75) is 26.6 Å². The second-order valence-electron chi connectivity index (χ2n) is 5.69. The first-order chi connectivity index (χ1) is 11.6. The summed E-state index contributed by atoms with van der Waals surface area (Å²) in [7, 11) is 1.67. The van der Waals surface area contributed by atoms with Crippen molar-refractivity contribution in [3.8, 4) is 5.75 Å². The molecule has 0 saturated carbocycles. The van der Waals surface area contributed by atoms with E-state index < -0.39 is 0 Å². The number of anilines is 1. The number of guanidine groups is 1. The monoisotopic (exact) mass is 455 g/mol. The molecule has 0 radical (unpaired) electrons. The Hall–Kier alpha value is -1.80. The fourth-order valence-electron chi connectivity index (χ4n) is 2.29. The second-order valence-corrected chi connectivity index (χ2v) is 5.69. The normalized spacial score (nSPS) is 12.2. The fraction of sp³-hybridized carbons (Fsp3) is 0.316. The zero-order valence-corrected chi connectivity index (χ0v) is 17.2. The standard InChI is InChI=1S/C19H25N3O2.HI/c1-14-7-6-9-17(11-14)24-15(2)12-21-19(20)22-18-10-5-4-8-16(18)13-23-3;/h4-11,15H,12-13H2,1-3H3,(H3,20,21,22);1H. The Kier molecular flexibility index (Phi) is 9.30. The van der Waals surface area contributed by atoms with Crippen molar-refractivity contribution < 1.29 is 9.47 Å². The number of nitrogens with zero attached hydrogens (tertiary/aromatic N) is 1. The van der Waals surface area contributed by atoms with Gasteiger partial charge in [-0.2, -0.15) is 0 Å². The van der Waals surface area contributed by atoms with Crippen molar-refractivity contribution in [2.24, 2.45) is 10.7 Å². The molecule has 1 unspecified atom stereocenters. The SMILES string of the molecule is COCc1ccccc1NC(N)=NCC(C)Oc1cccc(C)c1.I. The van der Waals surface area contributed by atoms with Gasteiger partial charge in [0.15, 0.2) is 5.96 Å². The van der Waals surface area contributed by atoms with Gasteiger partial charge in [0.2, 0.25) is 0 Å². The molecular weight excluding hydrogens is 429 g/mol. The maximum absolute atomic E-state index is 5.98. The first-order valence-electron chi connectivity index (χ1n) is 7.95. The van der Waals surface area contributed by atoms with Crippen LogP contribution in [0.2, 0.25) is 0 Å². The highest BCUT2D eigenvalue weighted by molar-refractivity contribution is 14.0. The molecular formula is C19H26IN3O2. The Morgan fingerprint density at radius 2 is 1.96 bits per heavy atom. The summed E-state index contributed by atoms with van der Waals surface area (Å²) in [4.78, 5) is 4.36. The van der Waals surface area contributed by atoms with Gasteiger partial charge >= 0.3 is 0 Å². The minimum absolute atomic E-state index is 0. The molecule has 0 aromatic heterocycles. The third kappa shape index (κ3) is 7.31. The summed E-state index contributed by atoms with van der Waals surface area (Å²) in [6, 6.07) is 15.8. The van der Waals surface area contributed by atoms with E-state index in [1.54, 1.807) is 7.11 Å². The number of methoxy groups -OCH3 is 1. The van der Waals surface area contributed by atoms with Gasteiger partial charge in [0.25, 0.3) is 0 Å². The van der Waals surface area contributed by atoms with Crippen LogP contribution in [0, 0.1) is 6.92 Å². The third-order valence-corrected chi connectivity index (χ3v) is 3.43. The quantitative estimate of drug-likeness (QED) is 0.377. The van der Waals surface area contributed by atoms with E-state index in [1.807, 2.05) is 62.4 Å². The molecule has 0 aliphatic heterocycles. The van der Waals surface area contributed by atoms with E-state index in [-0.39, 0.29) is 30.1 Å². The first-order valence-corrected chi connectivity index (χ1v) is 7.95. The molecule has 2 aromatic carbocycles. The molecule has 0 bridgehead atoms. The number of halogens is 1. The zero-order chi connectivity index (χ0) is 17.4. The lowest BCUT2D eigenvalue weighted by atomic mass is 10.2. The molecule has 0 fully saturated rings. The number of hydrogen-bond acceptors (Lipinski definition) is 3. The molecule has 5 nitrogen and oxygen atoms in total. The Morgan fingerprint density at radius 3 is 2.68 bits per heavy atom. The van der Waals surface area contributed by atoms with Crippen LogP contribution in [0.4, 0.5) is 5.69 Å². The molecule has 2 rings (SSSR count). The Morgan fingerprint density at radius 1 is 1.20 bits per heavy atom. The summed E-state index contributed by atoms with van der Waals surface area (Å²) in [5, 5.41) is 3.12. The van der Waals surface area contributed by atoms with Crippen LogP contribution < -0.4 is 15.8 Å². The molecule has 0 saturated heterocycles. The number of hydrogen-bond donors (Lipinski definition) is 2. The van der Waals surface area contributed by atoms with Gasteiger partial charge in [0.1, 0.15) is 11.9 Å². The maximum Gasteiger partial charge on any atom is 0.193 e. The van der Waals surface area contributed by atoms with Gasteiger partial charge in [-0.25, -0.2) is 4.99 Å². The highest BCUT2D eigenvalue weighted by atomic mass is 127. The predicted octanol–water partition coefficient (Wildman–Crippen LogP) is 3.95. The Balaban J connectivity index is 0.00000312. The van der Waals surface area contributed by atoms with Gasteiger partial charge in [0, 0.05) is 18.4 Å². The highest BCUT2D eigenvalue weighted by Gasteiger charge is 2.05. The van der Waals surface area contributed by atoms with Crippen molar-refractivity contribution in [2.75, 3.05) is 19.0 Å². The molecule has 2 aromatic rings. The van der Waals surface area contributed by atoms with Gasteiger partial charge in [0.05, 0.1) is 13.2 Å². The van der Waals surface area contributed by atoms with Crippen LogP contribution in [0.5, 0.6) is 5.75 Å².